The van der Waals surface area contributed by atoms with Crippen LogP contribution in [0.4, 0.5) is 22.7 Å². The maximum atomic E-state index is 9.77. The van der Waals surface area contributed by atoms with E-state index >= 15 is 0 Å². The highest BCUT2D eigenvalue weighted by Gasteiger charge is 2.56. The van der Waals surface area contributed by atoms with Gasteiger partial charge in [-0.05, 0) is 236 Å². The Morgan fingerprint density at radius 1 is 0.395 bits per heavy atom. The molecule has 0 radical (unpaired) electrons. The fraction of sp³-hybridized carbons (Fsp3) is 0.247. The van der Waals surface area contributed by atoms with Gasteiger partial charge in [0.05, 0.1) is 28.7 Å². The van der Waals surface area contributed by atoms with Crippen molar-refractivity contribution in [3.8, 4) is 45.5 Å². The summed E-state index contributed by atoms with van der Waals surface area (Å²) in [5, 5.41) is 24.6. The van der Waals surface area contributed by atoms with E-state index in [0.717, 1.165) is 37.1 Å². The van der Waals surface area contributed by atoms with E-state index in [1.807, 2.05) is 24.3 Å². The number of nitrogens with zero attached hydrogens (tertiary/aromatic N) is 4. The maximum absolute atomic E-state index is 9.77. The normalized spacial score (nSPS) is 23.0. The second-order valence-corrected chi connectivity index (χ2v) is 25.4. The molecule has 2 aliphatic heterocycles. The first-order valence-corrected chi connectivity index (χ1v) is 29.6. The molecule has 3 aliphatic carbocycles. The van der Waals surface area contributed by atoms with Crippen LogP contribution in [-0.2, 0) is 18.3 Å². The van der Waals surface area contributed by atoms with Gasteiger partial charge in [0.1, 0.15) is 0 Å². The molecule has 394 valence electrons. The number of nitriles is 2. The Bertz CT molecular complexity index is 4240. The predicted octanol–water partition coefficient (Wildman–Crippen LogP) is 19.5. The summed E-state index contributed by atoms with van der Waals surface area (Å²) >= 11 is 0. The van der Waals surface area contributed by atoms with Crippen molar-refractivity contribution in [1.82, 2.24) is 0 Å². The van der Waals surface area contributed by atoms with Crippen LogP contribution in [0.5, 0.6) is 0 Å². The minimum absolute atomic E-state index is 0.0507. The van der Waals surface area contributed by atoms with Crippen molar-refractivity contribution < 1.29 is 0 Å². The molecule has 15 rings (SSSR count). The Kier molecular flexibility index (Phi) is 11.1. The minimum atomic E-state index is -0.645. The molecule has 5 aliphatic rings. The van der Waals surface area contributed by atoms with E-state index in [-0.39, 0.29) is 21.9 Å². The highest BCUT2D eigenvalue weighted by Crippen LogP contribution is 2.63. The van der Waals surface area contributed by atoms with Gasteiger partial charge in [-0.25, -0.2) is 0 Å². The van der Waals surface area contributed by atoms with E-state index in [1.165, 1.54) is 138 Å². The second-order valence-electron chi connectivity index (χ2n) is 25.4. The van der Waals surface area contributed by atoms with Crippen LogP contribution in [0.3, 0.4) is 0 Å². The zero-order valence-corrected chi connectivity index (χ0v) is 47.0. The van der Waals surface area contributed by atoms with E-state index in [2.05, 4.69) is 232 Å². The molecule has 10 aromatic carbocycles. The third-order valence-electron chi connectivity index (χ3n) is 21.4. The SMILES string of the molecule is CC12CCCCC1(C)N(c1ccc(C#N)cc1)c1ccc(-c3ccc4c(c3)C(c3ccccc3)(c3ccccc3)c3c-4c4ccccc4c4cc(-c5ccc6c(c5)CC5(C)CCCCC5(C)N6c5ccc(C#N)cc5)ccc34)cc1C2. The van der Waals surface area contributed by atoms with Crippen LogP contribution in [0.15, 0.2) is 206 Å². The molecule has 4 heteroatoms. The molecule has 2 fully saturated rings. The predicted molar refractivity (Wildman–Crippen MR) is 334 cm³/mol. The molecule has 4 unspecified atom stereocenters. The van der Waals surface area contributed by atoms with E-state index in [4.69, 9.17) is 0 Å². The maximum Gasteiger partial charge on any atom is 0.0991 e. The number of rotatable bonds is 6. The summed E-state index contributed by atoms with van der Waals surface area (Å²) in [6.45, 7) is 10.0. The smallest absolute Gasteiger partial charge is 0.0991 e. The number of anilines is 4. The number of fused-ring (bicyclic) bond motifs is 12. The van der Waals surface area contributed by atoms with E-state index < -0.39 is 5.41 Å². The van der Waals surface area contributed by atoms with Crippen molar-refractivity contribution >= 4 is 44.3 Å². The molecule has 0 bridgehead atoms. The van der Waals surface area contributed by atoms with Gasteiger partial charge in [0.25, 0.3) is 0 Å². The summed E-state index contributed by atoms with van der Waals surface area (Å²) < 4.78 is 0. The molecule has 0 spiro atoms. The first-order valence-electron chi connectivity index (χ1n) is 29.6. The van der Waals surface area contributed by atoms with Crippen molar-refractivity contribution in [3.05, 3.63) is 251 Å². The Labute approximate surface area is 477 Å². The third kappa shape index (κ3) is 7.06. The first kappa shape index (κ1) is 49.4. The zero-order valence-electron chi connectivity index (χ0n) is 47.0. The van der Waals surface area contributed by atoms with Crippen LogP contribution in [-0.4, -0.2) is 11.1 Å². The number of hydrogen-bond acceptors (Lipinski definition) is 4. The molecule has 2 heterocycles. The lowest BCUT2D eigenvalue weighted by atomic mass is 9.57. The van der Waals surface area contributed by atoms with Gasteiger partial charge in [0.2, 0.25) is 0 Å². The summed E-state index contributed by atoms with van der Waals surface area (Å²) in [5.74, 6) is 0. The van der Waals surface area contributed by atoms with Crippen LogP contribution < -0.4 is 9.80 Å². The average molecular weight is 1050 g/mol. The van der Waals surface area contributed by atoms with Gasteiger partial charge < -0.3 is 9.80 Å². The molecule has 0 amide bonds. The molecule has 10 aromatic rings. The van der Waals surface area contributed by atoms with Crippen molar-refractivity contribution in [2.24, 2.45) is 10.8 Å². The number of benzene rings is 10. The lowest BCUT2D eigenvalue weighted by Gasteiger charge is -2.60. The Balaban J connectivity index is 0.916. The molecule has 81 heavy (non-hydrogen) atoms. The molecular weight excluding hydrogens is 981 g/mol. The molecule has 2 saturated carbocycles. The minimum Gasteiger partial charge on any atom is -0.335 e. The fourth-order valence-corrected chi connectivity index (χ4v) is 16.8. The van der Waals surface area contributed by atoms with Crippen LogP contribution in [0.25, 0.3) is 54.9 Å². The standard InChI is InChI=1S/C77H66N4/c1-73-39-13-15-41-75(73,3)80(61-31-23-51(49-78)24-32-61)69-37-29-53(43-57(69)47-73)55-27-35-65-67(45-55)63-21-11-12-22-64(63)71-66-36-28-56(46-68(66)77(72(65)71,59-17-7-5-8-18-59)60-19-9-6-10-20-60)54-30-38-70-58(44-54)48-74(2)40-14-16-42-76(74,4)81(70)62-33-25-52(50-79)26-34-62/h5-12,17-38,43-46H,13-16,39-42,47-48H2,1-4H3. The van der Waals surface area contributed by atoms with Crippen molar-refractivity contribution in [1.29, 1.82) is 10.5 Å². The summed E-state index contributed by atoms with van der Waals surface area (Å²) in [6.07, 6.45) is 11.6. The Hall–Kier alpha value is -8.70. The Morgan fingerprint density at radius 2 is 0.840 bits per heavy atom. The summed E-state index contributed by atoms with van der Waals surface area (Å²) in [7, 11) is 0. The number of hydrogen-bond donors (Lipinski definition) is 0. The van der Waals surface area contributed by atoms with Crippen LogP contribution in [0.2, 0.25) is 0 Å². The Morgan fingerprint density at radius 3 is 1.36 bits per heavy atom. The lowest BCUT2D eigenvalue weighted by molar-refractivity contribution is 0.0863. The highest BCUT2D eigenvalue weighted by molar-refractivity contribution is 6.20. The average Bonchev–Trinajstić information content (AvgIpc) is 3.96. The zero-order chi connectivity index (χ0) is 54.9. The second kappa shape index (κ2) is 18.2. The van der Waals surface area contributed by atoms with E-state index in [1.54, 1.807) is 0 Å². The van der Waals surface area contributed by atoms with E-state index in [0.29, 0.717) is 11.1 Å². The molecule has 0 N–H and O–H groups in total. The van der Waals surface area contributed by atoms with Gasteiger partial charge in [-0.3, -0.25) is 0 Å². The third-order valence-corrected chi connectivity index (χ3v) is 21.4. The van der Waals surface area contributed by atoms with Gasteiger partial charge in [-0.2, -0.15) is 10.5 Å². The van der Waals surface area contributed by atoms with Gasteiger partial charge in [0.15, 0.2) is 0 Å². The summed E-state index contributed by atoms with van der Waals surface area (Å²) in [5.41, 5.74) is 21.1. The van der Waals surface area contributed by atoms with Crippen LogP contribution >= 0.6 is 0 Å². The largest absolute Gasteiger partial charge is 0.335 e. The fourth-order valence-electron chi connectivity index (χ4n) is 16.8. The van der Waals surface area contributed by atoms with Crippen molar-refractivity contribution in [2.75, 3.05) is 9.80 Å². The van der Waals surface area contributed by atoms with Gasteiger partial charge in [-0.15, -0.1) is 0 Å². The molecule has 0 saturated heterocycles. The summed E-state index contributed by atoms with van der Waals surface area (Å²) in [4.78, 5) is 5.27. The molecular formula is C77H66N4. The van der Waals surface area contributed by atoms with Crippen LogP contribution in [0, 0.1) is 33.5 Å². The van der Waals surface area contributed by atoms with Crippen molar-refractivity contribution in [3.63, 3.8) is 0 Å². The lowest BCUT2D eigenvalue weighted by Crippen LogP contribution is -2.60. The molecule has 4 nitrogen and oxygen atoms in total. The summed E-state index contributed by atoms with van der Waals surface area (Å²) in [6, 6.07) is 82.3. The van der Waals surface area contributed by atoms with E-state index in [9.17, 15) is 10.5 Å². The van der Waals surface area contributed by atoms with Gasteiger partial charge in [-0.1, -0.05) is 161 Å². The van der Waals surface area contributed by atoms with Gasteiger partial charge in [0, 0.05) is 33.8 Å². The quantitative estimate of drug-likeness (QED) is 0.156. The van der Waals surface area contributed by atoms with Gasteiger partial charge >= 0.3 is 0 Å². The van der Waals surface area contributed by atoms with Crippen LogP contribution in [0.1, 0.15) is 124 Å². The molecule has 4 atom stereocenters. The van der Waals surface area contributed by atoms with Crippen molar-refractivity contribution in [2.45, 2.75) is 108 Å². The highest BCUT2D eigenvalue weighted by atomic mass is 15.2. The molecule has 0 aromatic heterocycles. The topological polar surface area (TPSA) is 54.1 Å². The monoisotopic (exact) mass is 1050 g/mol. The first-order chi connectivity index (χ1) is 39.5.